The third-order valence-electron chi connectivity index (χ3n) is 1.46. The van der Waals surface area contributed by atoms with E-state index in [2.05, 4.69) is 26.0 Å². The number of imidazole rings is 1. The van der Waals surface area contributed by atoms with Crippen LogP contribution in [-0.4, -0.2) is 14.6 Å². The Hall–Kier alpha value is -0.900. The Morgan fingerprint density at radius 3 is 3.33 bits per heavy atom. The highest BCUT2D eigenvalue weighted by Crippen LogP contribution is 2.13. The summed E-state index contributed by atoms with van der Waals surface area (Å²) in [6.45, 7) is -0.628. The number of hydrogen-bond acceptors (Lipinski definition) is 2. The molecule has 0 bridgehead atoms. The average molecular weight is 230 g/mol. The van der Waals surface area contributed by atoms with Crippen molar-refractivity contribution in [2.45, 2.75) is 13.8 Å². The predicted octanol–water partition coefficient (Wildman–Crippen LogP) is 2.11. The molecule has 0 radical (unpaired) electrons. The number of halogens is 1. The molecule has 2 heterocycles. The van der Waals surface area contributed by atoms with Crippen LogP contribution in [0.3, 0.4) is 0 Å². The Labute approximate surface area is 84.2 Å². The molecule has 12 heavy (non-hydrogen) atoms. The topological polar surface area (TPSA) is 30.2 Å². The van der Waals surface area contributed by atoms with Gasteiger partial charge in [0.05, 0.1) is 13.3 Å². The lowest BCUT2D eigenvalue weighted by molar-refractivity contribution is 0.907. The molecule has 0 N–H and O–H groups in total. The summed E-state index contributed by atoms with van der Waals surface area (Å²) in [5, 5.41) is 4.00. The van der Waals surface area contributed by atoms with Gasteiger partial charge in [0.15, 0.2) is 5.65 Å². The molecule has 3 nitrogen and oxygen atoms in total. The molecule has 0 aliphatic carbocycles. The van der Waals surface area contributed by atoms with Crippen LogP contribution in [0.1, 0.15) is 16.7 Å². The van der Waals surface area contributed by atoms with Gasteiger partial charge in [-0.2, -0.15) is 5.10 Å². The number of rotatable bonds is 0. The minimum atomic E-state index is -2.37. The van der Waals surface area contributed by atoms with Crippen LogP contribution in [-0.2, 0) is 0 Å². The van der Waals surface area contributed by atoms with Gasteiger partial charge >= 0.3 is 0 Å². The minimum absolute atomic E-state index is 0.0810. The van der Waals surface area contributed by atoms with Crippen LogP contribution in [0.25, 0.3) is 5.65 Å². The summed E-state index contributed by atoms with van der Waals surface area (Å²) in [5.41, 5.74) is 0.795. The second kappa shape index (κ2) is 2.55. The van der Waals surface area contributed by atoms with Crippen LogP contribution >= 0.6 is 15.9 Å². The van der Waals surface area contributed by atoms with E-state index in [1.165, 1.54) is 4.52 Å². The summed E-state index contributed by atoms with van der Waals surface area (Å²) in [5.74, 6) is 0. The average Bonchev–Trinajstić information content (AvgIpc) is 2.43. The van der Waals surface area contributed by atoms with Crippen molar-refractivity contribution in [2.75, 3.05) is 0 Å². The smallest absolute Gasteiger partial charge is 0.156 e. The first-order valence-corrected chi connectivity index (χ1v) is 4.12. The van der Waals surface area contributed by atoms with Crippen molar-refractivity contribution in [3.05, 3.63) is 28.1 Å². The first kappa shape index (κ1) is 4.37. The van der Waals surface area contributed by atoms with E-state index in [0.717, 1.165) is 0 Å². The third kappa shape index (κ3) is 1.12. The van der Waals surface area contributed by atoms with Gasteiger partial charge in [-0.25, -0.2) is 9.50 Å². The molecule has 2 rings (SSSR count). The molecule has 0 aliphatic rings. The normalized spacial score (nSPS) is 16.8. The van der Waals surface area contributed by atoms with Gasteiger partial charge < -0.3 is 0 Å². The minimum Gasteiger partial charge on any atom is -0.232 e. The lowest BCUT2D eigenvalue weighted by atomic mass is 10.3. The SMILES string of the molecule is [2H]c1c(Br)nn2cc(C)nc2c1C([2H])([2H])[2H]. The number of fused-ring (bicyclic) bond motifs is 1. The molecule has 0 aliphatic heterocycles. The van der Waals surface area contributed by atoms with E-state index in [4.69, 9.17) is 5.48 Å². The number of nitrogens with zero attached hydrogens (tertiary/aromatic N) is 3. The molecule has 0 amide bonds. The number of hydrogen-bond donors (Lipinski definition) is 0. The molecule has 2 aromatic rings. The van der Waals surface area contributed by atoms with Crippen LogP contribution in [0.15, 0.2) is 16.8 Å². The predicted molar refractivity (Wildman–Crippen MR) is 50.2 cm³/mol. The quantitative estimate of drug-likeness (QED) is 0.693. The Balaban J connectivity index is 2.92. The van der Waals surface area contributed by atoms with E-state index >= 15 is 0 Å². The second-order valence-electron chi connectivity index (χ2n) is 2.44. The van der Waals surface area contributed by atoms with Crippen LogP contribution in [0.2, 0.25) is 0 Å². The molecular weight excluding hydrogens is 218 g/mol. The zero-order valence-corrected chi connectivity index (χ0v) is 7.88. The maximum Gasteiger partial charge on any atom is 0.156 e. The van der Waals surface area contributed by atoms with Crippen LogP contribution in [0, 0.1) is 13.8 Å². The zero-order chi connectivity index (χ0) is 12.1. The molecule has 0 spiro atoms. The van der Waals surface area contributed by atoms with Crippen molar-refractivity contribution in [3.8, 4) is 0 Å². The number of aromatic nitrogens is 3. The van der Waals surface area contributed by atoms with Crippen molar-refractivity contribution in [1.82, 2.24) is 14.6 Å². The maximum atomic E-state index is 7.72. The molecule has 0 fully saturated rings. The molecule has 4 heteroatoms. The first-order valence-electron chi connectivity index (χ1n) is 5.33. The molecule has 0 saturated carbocycles. The van der Waals surface area contributed by atoms with E-state index < -0.39 is 6.85 Å². The van der Waals surface area contributed by atoms with Gasteiger partial charge in [-0.15, -0.1) is 0 Å². The van der Waals surface area contributed by atoms with E-state index in [1.807, 2.05) is 0 Å². The molecule has 0 unspecified atom stereocenters. The Bertz CT molecular complexity index is 560. The van der Waals surface area contributed by atoms with Gasteiger partial charge in [0.1, 0.15) is 4.60 Å². The molecule has 2 aromatic heterocycles. The van der Waals surface area contributed by atoms with E-state index in [-0.39, 0.29) is 21.9 Å². The first-order chi connectivity index (χ1) is 7.30. The van der Waals surface area contributed by atoms with Crippen molar-refractivity contribution >= 4 is 21.6 Å². The summed E-state index contributed by atoms with van der Waals surface area (Å²) in [6, 6.07) is -0.141. The largest absolute Gasteiger partial charge is 0.232 e. The van der Waals surface area contributed by atoms with Gasteiger partial charge in [0.2, 0.25) is 0 Å². The molecule has 0 saturated heterocycles. The monoisotopic (exact) mass is 229 g/mol. The Kier molecular flexibility index (Phi) is 0.929. The molecule has 0 atom stereocenters. The van der Waals surface area contributed by atoms with Crippen molar-refractivity contribution in [2.24, 2.45) is 0 Å². The maximum absolute atomic E-state index is 7.72. The van der Waals surface area contributed by atoms with Crippen molar-refractivity contribution < 1.29 is 5.48 Å². The third-order valence-corrected chi connectivity index (χ3v) is 1.81. The fourth-order valence-electron chi connectivity index (χ4n) is 1.01. The lowest BCUT2D eigenvalue weighted by Crippen LogP contribution is -1.92. The highest BCUT2D eigenvalue weighted by molar-refractivity contribution is 9.10. The summed E-state index contributed by atoms with van der Waals surface area (Å²) in [7, 11) is 0. The summed E-state index contributed by atoms with van der Waals surface area (Å²) in [4.78, 5) is 4.08. The second-order valence-corrected chi connectivity index (χ2v) is 3.19. The van der Waals surface area contributed by atoms with Crippen molar-refractivity contribution in [1.29, 1.82) is 0 Å². The Morgan fingerprint density at radius 2 is 2.58 bits per heavy atom. The standard InChI is InChI=1S/C8H8BrN3/c1-5-3-7(9)11-12-4-6(2)10-8(5)12/h3-4H,1-2H3/i1D3,3D. The highest BCUT2D eigenvalue weighted by atomic mass is 79.9. The van der Waals surface area contributed by atoms with Gasteiger partial charge in [-0.3, -0.25) is 0 Å². The molecule has 62 valence electrons. The van der Waals surface area contributed by atoms with Gasteiger partial charge in [-0.05, 0) is 41.3 Å². The zero-order valence-electron chi connectivity index (χ0n) is 10.3. The fraction of sp³-hybridized carbons (Fsp3) is 0.250. The van der Waals surface area contributed by atoms with Crippen LogP contribution in [0.4, 0.5) is 0 Å². The van der Waals surface area contributed by atoms with Gasteiger partial charge in [0, 0.05) is 4.11 Å². The van der Waals surface area contributed by atoms with Gasteiger partial charge in [-0.1, -0.05) is 0 Å². The van der Waals surface area contributed by atoms with Crippen LogP contribution < -0.4 is 0 Å². The molecular formula is C8H8BrN3. The van der Waals surface area contributed by atoms with Crippen molar-refractivity contribution in [3.63, 3.8) is 0 Å². The fourth-order valence-corrected chi connectivity index (χ4v) is 1.38. The van der Waals surface area contributed by atoms with E-state index in [1.54, 1.807) is 13.1 Å². The summed E-state index contributed by atoms with van der Waals surface area (Å²) in [6.07, 6.45) is 1.62. The summed E-state index contributed by atoms with van der Waals surface area (Å²) < 4.78 is 31.5. The van der Waals surface area contributed by atoms with Gasteiger partial charge in [0.25, 0.3) is 0 Å². The molecule has 0 aromatic carbocycles. The Morgan fingerprint density at radius 1 is 1.75 bits per heavy atom. The van der Waals surface area contributed by atoms with E-state index in [9.17, 15) is 0 Å². The number of aryl methyl sites for hydroxylation is 2. The summed E-state index contributed by atoms with van der Waals surface area (Å²) >= 11 is 3.07. The lowest BCUT2D eigenvalue weighted by Gasteiger charge is -1.96. The highest BCUT2D eigenvalue weighted by Gasteiger charge is 2.02. The van der Waals surface area contributed by atoms with E-state index in [0.29, 0.717) is 5.69 Å². The van der Waals surface area contributed by atoms with Crippen LogP contribution in [0.5, 0.6) is 0 Å².